The van der Waals surface area contributed by atoms with Crippen LogP contribution in [0.3, 0.4) is 0 Å². The number of hydrogen-bond donors (Lipinski definition) is 0. The van der Waals surface area contributed by atoms with Gasteiger partial charge in [0.15, 0.2) is 0 Å². The van der Waals surface area contributed by atoms with Gasteiger partial charge in [-0.3, -0.25) is 4.98 Å². The summed E-state index contributed by atoms with van der Waals surface area (Å²) in [6.07, 6.45) is 6.13. The van der Waals surface area contributed by atoms with Crippen LogP contribution in [-0.4, -0.2) is 42.0 Å². The molecule has 1 aromatic carbocycles. The van der Waals surface area contributed by atoms with Gasteiger partial charge >= 0.3 is 0 Å². The summed E-state index contributed by atoms with van der Waals surface area (Å²) in [6.45, 7) is 2.97. The number of ether oxygens (including phenoxy) is 1. The minimum Gasteiger partial charge on any atom is -0.437 e. The van der Waals surface area contributed by atoms with Crippen LogP contribution in [0.5, 0.6) is 11.6 Å². The van der Waals surface area contributed by atoms with Crippen molar-refractivity contribution in [3.05, 3.63) is 47.9 Å². The summed E-state index contributed by atoms with van der Waals surface area (Å²) in [5.41, 5.74) is 1.81. The van der Waals surface area contributed by atoms with Gasteiger partial charge in [-0.25, -0.2) is 17.7 Å². The number of aromatic nitrogens is 2. The van der Waals surface area contributed by atoms with Crippen molar-refractivity contribution >= 4 is 10.0 Å². The van der Waals surface area contributed by atoms with E-state index in [9.17, 15) is 8.42 Å². The van der Waals surface area contributed by atoms with E-state index < -0.39 is 10.0 Å². The van der Waals surface area contributed by atoms with E-state index in [1.807, 2.05) is 31.2 Å². The zero-order valence-corrected chi connectivity index (χ0v) is 14.7. The molecule has 0 bridgehead atoms. The molecule has 0 spiro atoms. The number of benzene rings is 1. The molecule has 2 aromatic rings. The molecule has 24 heavy (non-hydrogen) atoms. The molecule has 1 saturated heterocycles. The van der Waals surface area contributed by atoms with E-state index in [2.05, 4.69) is 9.97 Å². The zero-order valence-electron chi connectivity index (χ0n) is 13.8. The Morgan fingerprint density at radius 1 is 1.25 bits per heavy atom. The van der Waals surface area contributed by atoms with E-state index >= 15 is 0 Å². The molecule has 2 heterocycles. The molecule has 1 fully saturated rings. The molecule has 7 heteroatoms. The Labute approximate surface area is 142 Å². The van der Waals surface area contributed by atoms with Crippen molar-refractivity contribution < 1.29 is 13.2 Å². The second-order valence-corrected chi connectivity index (χ2v) is 8.11. The lowest BCUT2D eigenvalue weighted by atomic mass is 9.96. The molecule has 0 unspecified atom stereocenters. The van der Waals surface area contributed by atoms with Crippen LogP contribution in [0.2, 0.25) is 0 Å². The number of nitrogens with zero attached hydrogens (tertiary/aromatic N) is 3. The average Bonchev–Trinajstić information content (AvgIpc) is 2.55. The van der Waals surface area contributed by atoms with Crippen molar-refractivity contribution in [3.8, 4) is 11.6 Å². The zero-order chi connectivity index (χ0) is 17.2. The van der Waals surface area contributed by atoms with Gasteiger partial charge in [0.1, 0.15) is 11.4 Å². The maximum atomic E-state index is 11.8. The molecular formula is C17H21N3O3S. The van der Waals surface area contributed by atoms with Crippen LogP contribution in [0.25, 0.3) is 0 Å². The predicted molar refractivity (Wildman–Crippen MR) is 91.7 cm³/mol. The molecule has 1 aromatic heterocycles. The molecule has 6 nitrogen and oxygen atoms in total. The van der Waals surface area contributed by atoms with Crippen molar-refractivity contribution in [1.82, 2.24) is 14.3 Å². The van der Waals surface area contributed by atoms with Gasteiger partial charge in [0.25, 0.3) is 0 Å². The summed E-state index contributed by atoms with van der Waals surface area (Å²) >= 11 is 0. The van der Waals surface area contributed by atoms with E-state index in [0.29, 0.717) is 30.4 Å². The van der Waals surface area contributed by atoms with E-state index in [0.717, 1.165) is 18.4 Å². The first-order valence-corrected chi connectivity index (χ1v) is 9.79. The topological polar surface area (TPSA) is 72.4 Å². The second kappa shape index (κ2) is 6.86. The molecule has 1 aliphatic heterocycles. The fourth-order valence-electron chi connectivity index (χ4n) is 2.95. The Hall–Kier alpha value is -1.99. The van der Waals surface area contributed by atoms with Crippen LogP contribution < -0.4 is 4.74 Å². The molecule has 0 amide bonds. The Morgan fingerprint density at radius 2 is 2.04 bits per heavy atom. The summed E-state index contributed by atoms with van der Waals surface area (Å²) in [6, 6.07) is 7.72. The maximum Gasteiger partial charge on any atom is 0.241 e. The Balaban J connectivity index is 1.86. The molecule has 1 aliphatic rings. The minimum absolute atomic E-state index is 0.0121. The fourth-order valence-corrected chi connectivity index (χ4v) is 3.86. The summed E-state index contributed by atoms with van der Waals surface area (Å²) in [5.74, 6) is 1.14. The molecule has 3 rings (SSSR count). The maximum absolute atomic E-state index is 11.8. The molecule has 0 saturated carbocycles. The van der Waals surface area contributed by atoms with Gasteiger partial charge in [0.05, 0.1) is 6.26 Å². The van der Waals surface area contributed by atoms with Crippen molar-refractivity contribution in [1.29, 1.82) is 0 Å². The highest BCUT2D eigenvalue weighted by atomic mass is 32.2. The molecule has 0 radical (unpaired) electrons. The van der Waals surface area contributed by atoms with Crippen molar-refractivity contribution in [2.24, 2.45) is 0 Å². The summed E-state index contributed by atoms with van der Waals surface area (Å²) in [5, 5.41) is 0. The normalized spacial score (nSPS) is 19.2. The quantitative estimate of drug-likeness (QED) is 0.850. The highest BCUT2D eigenvalue weighted by Crippen LogP contribution is 2.33. The number of hydrogen-bond acceptors (Lipinski definition) is 5. The third-order valence-corrected chi connectivity index (χ3v) is 5.40. The predicted octanol–water partition coefficient (Wildman–Crippen LogP) is 2.72. The van der Waals surface area contributed by atoms with Gasteiger partial charge in [-0.05, 0) is 37.5 Å². The highest BCUT2D eigenvalue weighted by Gasteiger charge is 2.30. The van der Waals surface area contributed by atoms with E-state index in [1.165, 1.54) is 10.6 Å². The third-order valence-electron chi connectivity index (χ3n) is 4.14. The second-order valence-electron chi connectivity index (χ2n) is 6.13. The summed E-state index contributed by atoms with van der Waals surface area (Å²) in [4.78, 5) is 8.74. The van der Waals surface area contributed by atoms with Gasteiger partial charge in [0.2, 0.25) is 15.9 Å². The number of piperidine rings is 1. The first kappa shape index (κ1) is 16.9. The molecule has 0 aliphatic carbocycles. The lowest BCUT2D eigenvalue weighted by molar-refractivity contribution is 0.308. The van der Waals surface area contributed by atoms with Gasteiger partial charge in [-0.2, -0.15) is 0 Å². The Morgan fingerprint density at radius 3 is 2.79 bits per heavy atom. The average molecular weight is 347 g/mol. The number of sulfonamides is 1. The fraction of sp³-hybridized carbons (Fsp3) is 0.412. The Bertz CT molecular complexity index is 823. The highest BCUT2D eigenvalue weighted by molar-refractivity contribution is 7.88. The van der Waals surface area contributed by atoms with Crippen LogP contribution >= 0.6 is 0 Å². The van der Waals surface area contributed by atoms with Crippen molar-refractivity contribution in [3.63, 3.8) is 0 Å². The van der Waals surface area contributed by atoms with Crippen molar-refractivity contribution in [2.45, 2.75) is 25.7 Å². The SMILES string of the molecule is Cc1cccc(Oc2nccnc2[C@H]2CCCN(S(C)(=O)=O)C2)c1. The van der Waals surface area contributed by atoms with Gasteiger partial charge < -0.3 is 4.74 Å². The first-order chi connectivity index (χ1) is 11.4. The lowest BCUT2D eigenvalue weighted by Gasteiger charge is -2.30. The van der Waals surface area contributed by atoms with E-state index in [1.54, 1.807) is 12.4 Å². The number of aryl methyl sites for hydroxylation is 1. The monoisotopic (exact) mass is 347 g/mol. The van der Waals surface area contributed by atoms with E-state index in [-0.39, 0.29) is 5.92 Å². The van der Waals surface area contributed by atoms with Crippen LogP contribution in [0, 0.1) is 6.92 Å². The molecule has 0 N–H and O–H groups in total. The third kappa shape index (κ3) is 3.91. The largest absolute Gasteiger partial charge is 0.437 e. The van der Waals surface area contributed by atoms with Crippen LogP contribution in [0.1, 0.15) is 30.0 Å². The standard InChI is InChI=1S/C17H21N3O3S/c1-13-5-3-7-15(11-13)23-17-16(18-8-9-19-17)14-6-4-10-20(12-14)24(2,21)22/h3,5,7-9,11,14H,4,6,10,12H2,1-2H3/t14-/m0/s1. The van der Waals surface area contributed by atoms with Gasteiger partial charge in [-0.15, -0.1) is 0 Å². The minimum atomic E-state index is -3.20. The smallest absolute Gasteiger partial charge is 0.241 e. The Kier molecular flexibility index (Phi) is 4.82. The van der Waals surface area contributed by atoms with Crippen LogP contribution in [-0.2, 0) is 10.0 Å². The lowest BCUT2D eigenvalue weighted by Crippen LogP contribution is -2.38. The molecular weight excluding hydrogens is 326 g/mol. The summed E-state index contributed by atoms with van der Waals surface area (Å²) < 4.78 is 31.1. The summed E-state index contributed by atoms with van der Waals surface area (Å²) in [7, 11) is -3.20. The molecule has 1 atom stereocenters. The van der Waals surface area contributed by atoms with Gasteiger partial charge in [0, 0.05) is 31.4 Å². The first-order valence-electron chi connectivity index (χ1n) is 7.94. The van der Waals surface area contributed by atoms with Crippen molar-refractivity contribution in [2.75, 3.05) is 19.3 Å². The number of rotatable bonds is 4. The van der Waals surface area contributed by atoms with E-state index in [4.69, 9.17) is 4.74 Å². The van der Waals surface area contributed by atoms with Crippen LogP contribution in [0.4, 0.5) is 0 Å². The molecule has 128 valence electrons. The van der Waals surface area contributed by atoms with Crippen LogP contribution in [0.15, 0.2) is 36.7 Å². The van der Waals surface area contributed by atoms with Gasteiger partial charge in [-0.1, -0.05) is 12.1 Å².